The SMILES string of the molecule is CCCNC1CCCN(c2cc(Br)ccc2C#N)C1=O. The van der Waals surface area contributed by atoms with E-state index in [0.717, 1.165) is 30.3 Å². The third kappa shape index (κ3) is 3.20. The summed E-state index contributed by atoms with van der Waals surface area (Å²) in [6.07, 6.45) is 2.82. The number of amides is 1. The van der Waals surface area contributed by atoms with Gasteiger partial charge in [0.1, 0.15) is 6.07 Å². The van der Waals surface area contributed by atoms with Crippen LogP contribution in [0.5, 0.6) is 0 Å². The van der Waals surface area contributed by atoms with Gasteiger partial charge in [0.25, 0.3) is 0 Å². The average Bonchev–Trinajstić information content (AvgIpc) is 2.46. The molecular weight excluding hydrogens is 318 g/mol. The minimum absolute atomic E-state index is 0.0688. The van der Waals surface area contributed by atoms with Gasteiger partial charge in [-0.05, 0) is 44.0 Å². The van der Waals surface area contributed by atoms with Crippen LogP contribution < -0.4 is 10.2 Å². The Balaban J connectivity index is 2.26. The van der Waals surface area contributed by atoms with Crippen LogP contribution in [0, 0.1) is 11.3 Å². The number of nitrogens with zero attached hydrogens (tertiary/aromatic N) is 2. The Morgan fingerprint density at radius 2 is 2.35 bits per heavy atom. The third-order valence-electron chi connectivity index (χ3n) is 3.45. The summed E-state index contributed by atoms with van der Waals surface area (Å²) in [6.45, 7) is 3.60. The number of benzene rings is 1. The number of nitrogens with one attached hydrogen (secondary N) is 1. The van der Waals surface area contributed by atoms with Crippen molar-refractivity contribution in [2.24, 2.45) is 0 Å². The topological polar surface area (TPSA) is 56.1 Å². The first-order valence-electron chi connectivity index (χ1n) is 6.91. The second kappa shape index (κ2) is 6.87. The predicted molar refractivity (Wildman–Crippen MR) is 82.5 cm³/mol. The molecule has 0 spiro atoms. The van der Waals surface area contributed by atoms with Gasteiger partial charge in [-0.15, -0.1) is 0 Å². The maximum absolute atomic E-state index is 12.5. The first-order valence-corrected chi connectivity index (χ1v) is 7.71. The fourth-order valence-corrected chi connectivity index (χ4v) is 2.79. The van der Waals surface area contributed by atoms with Gasteiger partial charge in [0, 0.05) is 11.0 Å². The number of rotatable bonds is 4. The summed E-state index contributed by atoms with van der Waals surface area (Å²) >= 11 is 3.41. The highest BCUT2D eigenvalue weighted by atomic mass is 79.9. The summed E-state index contributed by atoms with van der Waals surface area (Å²) in [5.41, 5.74) is 1.24. The molecule has 1 atom stereocenters. The standard InChI is InChI=1S/C15H18BrN3O/c1-2-7-18-13-4-3-8-19(15(13)20)14-9-12(16)6-5-11(14)10-17/h5-6,9,13,18H,2-4,7-8H2,1H3. The zero-order valence-electron chi connectivity index (χ0n) is 11.5. The van der Waals surface area contributed by atoms with E-state index in [4.69, 9.17) is 0 Å². The zero-order valence-corrected chi connectivity index (χ0v) is 13.1. The molecule has 1 saturated heterocycles. The van der Waals surface area contributed by atoms with Crippen molar-refractivity contribution in [1.82, 2.24) is 5.32 Å². The first kappa shape index (κ1) is 15.0. The van der Waals surface area contributed by atoms with Crippen molar-refractivity contribution in [3.63, 3.8) is 0 Å². The smallest absolute Gasteiger partial charge is 0.244 e. The van der Waals surface area contributed by atoms with E-state index in [9.17, 15) is 10.1 Å². The van der Waals surface area contributed by atoms with E-state index in [0.29, 0.717) is 17.8 Å². The Morgan fingerprint density at radius 3 is 3.05 bits per heavy atom. The third-order valence-corrected chi connectivity index (χ3v) is 3.94. The number of carbonyl (C=O) groups excluding carboxylic acids is 1. The highest BCUT2D eigenvalue weighted by Crippen LogP contribution is 2.28. The van der Waals surface area contributed by atoms with Crippen LogP contribution in [-0.2, 0) is 4.79 Å². The number of piperidine rings is 1. The van der Waals surface area contributed by atoms with Crippen LogP contribution in [0.1, 0.15) is 31.7 Å². The molecule has 0 saturated carbocycles. The van der Waals surface area contributed by atoms with Crippen molar-refractivity contribution < 1.29 is 4.79 Å². The van der Waals surface area contributed by atoms with Gasteiger partial charge >= 0.3 is 0 Å². The number of hydrogen-bond acceptors (Lipinski definition) is 3. The lowest BCUT2D eigenvalue weighted by molar-refractivity contribution is -0.121. The van der Waals surface area contributed by atoms with Crippen LogP contribution in [0.4, 0.5) is 5.69 Å². The molecule has 0 bridgehead atoms. The minimum Gasteiger partial charge on any atom is -0.310 e. The molecule has 1 aliphatic rings. The van der Waals surface area contributed by atoms with Crippen molar-refractivity contribution in [2.45, 2.75) is 32.2 Å². The van der Waals surface area contributed by atoms with Gasteiger partial charge in [0.2, 0.25) is 5.91 Å². The molecular formula is C15H18BrN3O. The number of hydrogen-bond donors (Lipinski definition) is 1. The monoisotopic (exact) mass is 335 g/mol. The van der Waals surface area contributed by atoms with E-state index >= 15 is 0 Å². The van der Waals surface area contributed by atoms with E-state index in [1.54, 1.807) is 11.0 Å². The Bertz CT molecular complexity index is 538. The molecule has 1 amide bonds. The molecule has 2 rings (SSSR count). The molecule has 1 heterocycles. The molecule has 1 fully saturated rings. The highest BCUT2D eigenvalue weighted by molar-refractivity contribution is 9.10. The maximum Gasteiger partial charge on any atom is 0.244 e. The first-order chi connectivity index (χ1) is 9.67. The Kier molecular flexibility index (Phi) is 5.16. The van der Waals surface area contributed by atoms with E-state index < -0.39 is 0 Å². The van der Waals surface area contributed by atoms with Crippen LogP contribution >= 0.6 is 15.9 Å². The molecule has 1 unspecified atom stereocenters. The van der Waals surface area contributed by atoms with E-state index in [1.165, 1.54) is 0 Å². The second-order valence-electron chi connectivity index (χ2n) is 4.91. The van der Waals surface area contributed by atoms with Crippen molar-refractivity contribution >= 4 is 27.5 Å². The summed E-state index contributed by atoms with van der Waals surface area (Å²) in [7, 11) is 0. The molecule has 1 N–H and O–H groups in total. The second-order valence-corrected chi connectivity index (χ2v) is 5.83. The Labute approximate surface area is 127 Å². The molecule has 5 heteroatoms. The minimum atomic E-state index is -0.130. The molecule has 1 aromatic carbocycles. The largest absolute Gasteiger partial charge is 0.310 e. The highest BCUT2D eigenvalue weighted by Gasteiger charge is 2.30. The van der Waals surface area contributed by atoms with Crippen LogP contribution in [0.3, 0.4) is 0 Å². The van der Waals surface area contributed by atoms with Crippen LogP contribution in [-0.4, -0.2) is 25.0 Å². The average molecular weight is 336 g/mol. The van der Waals surface area contributed by atoms with Gasteiger partial charge in [0.15, 0.2) is 0 Å². The molecule has 0 aromatic heterocycles. The van der Waals surface area contributed by atoms with Crippen LogP contribution in [0.2, 0.25) is 0 Å². The summed E-state index contributed by atoms with van der Waals surface area (Å²) in [5.74, 6) is 0.0688. The zero-order chi connectivity index (χ0) is 14.5. The van der Waals surface area contributed by atoms with Gasteiger partial charge in [-0.1, -0.05) is 22.9 Å². The maximum atomic E-state index is 12.5. The molecule has 1 aromatic rings. The number of halogens is 1. The molecule has 0 aliphatic carbocycles. The van der Waals surface area contributed by atoms with Crippen molar-refractivity contribution in [1.29, 1.82) is 5.26 Å². The Hall–Kier alpha value is -1.38. The predicted octanol–water partition coefficient (Wildman–Crippen LogP) is 2.82. The van der Waals surface area contributed by atoms with Crippen LogP contribution in [0.25, 0.3) is 0 Å². The molecule has 4 nitrogen and oxygen atoms in total. The lowest BCUT2D eigenvalue weighted by Crippen LogP contribution is -2.51. The lowest BCUT2D eigenvalue weighted by Gasteiger charge is -2.33. The summed E-state index contributed by atoms with van der Waals surface area (Å²) in [6, 6.07) is 7.45. The molecule has 106 valence electrons. The molecule has 20 heavy (non-hydrogen) atoms. The molecule has 1 aliphatic heterocycles. The van der Waals surface area contributed by atoms with Gasteiger partial charge in [-0.25, -0.2) is 0 Å². The lowest BCUT2D eigenvalue weighted by atomic mass is 10.0. The normalized spacial score (nSPS) is 18.9. The van der Waals surface area contributed by atoms with Gasteiger partial charge in [-0.2, -0.15) is 5.26 Å². The van der Waals surface area contributed by atoms with Gasteiger partial charge < -0.3 is 10.2 Å². The number of nitriles is 1. The summed E-state index contributed by atoms with van der Waals surface area (Å²) < 4.78 is 0.878. The quantitative estimate of drug-likeness (QED) is 0.920. The molecule has 0 radical (unpaired) electrons. The summed E-state index contributed by atoms with van der Waals surface area (Å²) in [4.78, 5) is 14.3. The van der Waals surface area contributed by atoms with Gasteiger partial charge in [-0.3, -0.25) is 4.79 Å². The van der Waals surface area contributed by atoms with Gasteiger partial charge in [0.05, 0.1) is 17.3 Å². The van der Waals surface area contributed by atoms with Crippen LogP contribution in [0.15, 0.2) is 22.7 Å². The fraction of sp³-hybridized carbons (Fsp3) is 0.467. The summed E-state index contributed by atoms with van der Waals surface area (Å²) in [5, 5.41) is 12.5. The van der Waals surface area contributed by atoms with E-state index in [2.05, 4.69) is 34.2 Å². The van der Waals surface area contributed by atoms with Crippen molar-refractivity contribution in [3.05, 3.63) is 28.2 Å². The van der Waals surface area contributed by atoms with E-state index in [-0.39, 0.29) is 11.9 Å². The number of anilines is 1. The number of carbonyl (C=O) groups is 1. The van der Waals surface area contributed by atoms with Crippen molar-refractivity contribution in [2.75, 3.05) is 18.0 Å². The Morgan fingerprint density at radius 1 is 1.55 bits per heavy atom. The fourth-order valence-electron chi connectivity index (χ4n) is 2.45. The van der Waals surface area contributed by atoms with E-state index in [1.807, 2.05) is 12.1 Å². The van der Waals surface area contributed by atoms with Crippen molar-refractivity contribution in [3.8, 4) is 6.07 Å².